The maximum absolute atomic E-state index is 12.5. The van der Waals surface area contributed by atoms with Gasteiger partial charge in [-0.15, -0.1) is 0 Å². The lowest BCUT2D eigenvalue weighted by atomic mass is 10.2. The van der Waals surface area contributed by atoms with Crippen LogP contribution in [0.15, 0.2) is 21.1 Å². The van der Waals surface area contributed by atoms with Crippen molar-refractivity contribution in [2.24, 2.45) is 0 Å². The standard InChI is InChI=1S/C10H10Br2F3NO2/c11-7-1-5(10(13,14)15)2-8(12)9(7)16-3-6(18)4-17/h1-2,6,16-18H,3-4H2. The molecule has 1 rings (SSSR count). The van der Waals surface area contributed by atoms with Gasteiger partial charge in [0.2, 0.25) is 0 Å². The van der Waals surface area contributed by atoms with Gasteiger partial charge in [-0.3, -0.25) is 0 Å². The molecule has 0 spiro atoms. The van der Waals surface area contributed by atoms with Gasteiger partial charge in [-0.2, -0.15) is 13.2 Å². The summed E-state index contributed by atoms with van der Waals surface area (Å²) in [5.41, 5.74) is -0.398. The second-order valence-corrected chi connectivity index (χ2v) is 5.24. The highest BCUT2D eigenvalue weighted by molar-refractivity contribution is 9.11. The number of anilines is 1. The van der Waals surface area contributed by atoms with Crippen LogP contribution in [-0.2, 0) is 6.18 Å². The zero-order chi connectivity index (χ0) is 13.9. The maximum Gasteiger partial charge on any atom is 0.416 e. The van der Waals surface area contributed by atoms with E-state index in [9.17, 15) is 13.2 Å². The van der Waals surface area contributed by atoms with Gasteiger partial charge < -0.3 is 15.5 Å². The average molecular weight is 393 g/mol. The first-order valence-corrected chi connectivity index (χ1v) is 6.43. The topological polar surface area (TPSA) is 52.5 Å². The monoisotopic (exact) mass is 391 g/mol. The van der Waals surface area contributed by atoms with Gasteiger partial charge in [0.05, 0.1) is 24.0 Å². The Morgan fingerprint density at radius 1 is 1.22 bits per heavy atom. The average Bonchev–Trinajstić information content (AvgIpc) is 2.26. The largest absolute Gasteiger partial charge is 0.416 e. The minimum Gasteiger partial charge on any atom is -0.394 e. The first-order valence-electron chi connectivity index (χ1n) is 4.84. The summed E-state index contributed by atoms with van der Waals surface area (Å²) < 4.78 is 38.0. The van der Waals surface area contributed by atoms with Crippen LogP contribution >= 0.6 is 31.9 Å². The van der Waals surface area contributed by atoms with E-state index >= 15 is 0 Å². The van der Waals surface area contributed by atoms with Gasteiger partial charge in [0.25, 0.3) is 0 Å². The Kier molecular flexibility index (Phi) is 5.45. The molecule has 1 atom stereocenters. The Hall–Kier alpha value is -0.310. The zero-order valence-electron chi connectivity index (χ0n) is 8.93. The van der Waals surface area contributed by atoms with Crippen molar-refractivity contribution in [3.63, 3.8) is 0 Å². The molecular weight excluding hydrogens is 383 g/mol. The summed E-state index contributed by atoms with van der Waals surface area (Å²) in [5.74, 6) is 0. The van der Waals surface area contributed by atoms with Crippen LogP contribution in [0.2, 0.25) is 0 Å². The molecule has 0 saturated carbocycles. The van der Waals surface area contributed by atoms with Crippen molar-refractivity contribution in [3.8, 4) is 0 Å². The Balaban J connectivity index is 2.95. The second-order valence-electron chi connectivity index (χ2n) is 3.53. The van der Waals surface area contributed by atoms with Gasteiger partial charge in [-0.25, -0.2) is 0 Å². The highest BCUT2D eigenvalue weighted by atomic mass is 79.9. The maximum atomic E-state index is 12.5. The zero-order valence-corrected chi connectivity index (χ0v) is 12.1. The van der Waals surface area contributed by atoms with Crippen LogP contribution in [0.3, 0.4) is 0 Å². The number of benzene rings is 1. The number of rotatable bonds is 4. The lowest BCUT2D eigenvalue weighted by molar-refractivity contribution is -0.137. The Bertz CT molecular complexity index is 403. The Morgan fingerprint density at radius 3 is 2.11 bits per heavy atom. The first kappa shape index (κ1) is 15.7. The molecule has 0 aliphatic carbocycles. The Labute approximate surface area is 118 Å². The van der Waals surface area contributed by atoms with Crippen molar-refractivity contribution in [1.29, 1.82) is 0 Å². The van der Waals surface area contributed by atoms with E-state index in [1.807, 2.05) is 0 Å². The van der Waals surface area contributed by atoms with Gasteiger partial charge in [0.15, 0.2) is 0 Å². The van der Waals surface area contributed by atoms with E-state index < -0.39 is 24.5 Å². The summed E-state index contributed by atoms with van der Waals surface area (Å²) in [4.78, 5) is 0. The lowest BCUT2D eigenvalue weighted by Crippen LogP contribution is -2.23. The predicted molar refractivity (Wildman–Crippen MR) is 68.4 cm³/mol. The summed E-state index contributed by atoms with van der Waals surface area (Å²) in [7, 11) is 0. The minimum absolute atomic E-state index is 0.0268. The third-order valence-electron chi connectivity index (χ3n) is 2.09. The van der Waals surface area contributed by atoms with Crippen molar-refractivity contribution in [3.05, 3.63) is 26.6 Å². The fourth-order valence-corrected chi connectivity index (χ4v) is 2.66. The van der Waals surface area contributed by atoms with E-state index in [0.29, 0.717) is 5.69 Å². The minimum atomic E-state index is -4.42. The number of nitrogens with one attached hydrogen (secondary N) is 1. The molecule has 102 valence electrons. The van der Waals surface area contributed by atoms with Gasteiger partial charge in [0.1, 0.15) is 0 Å². The van der Waals surface area contributed by atoms with Crippen LogP contribution in [0.4, 0.5) is 18.9 Å². The van der Waals surface area contributed by atoms with E-state index in [2.05, 4.69) is 37.2 Å². The molecule has 1 unspecified atom stereocenters. The normalized spacial score (nSPS) is 13.5. The van der Waals surface area contributed by atoms with Crippen LogP contribution in [0.1, 0.15) is 5.56 Å². The van der Waals surface area contributed by atoms with Gasteiger partial charge in [-0.05, 0) is 44.0 Å². The van der Waals surface area contributed by atoms with Crippen LogP contribution in [0.25, 0.3) is 0 Å². The molecule has 0 heterocycles. The molecule has 1 aromatic rings. The van der Waals surface area contributed by atoms with E-state index in [0.717, 1.165) is 12.1 Å². The van der Waals surface area contributed by atoms with Crippen molar-refractivity contribution < 1.29 is 23.4 Å². The fraction of sp³-hybridized carbons (Fsp3) is 0.400. The first-order chi connectivity index (χ1) is 8.25. The van der Waals surface area contributed by atoms with Gasteiger partial charge in [0, 0.05) is 15.5 Å². The molecule has 0 aromatic heterocycles. The summed E-state index contributed by atoms with van der Waals surface area (Å²) in [6, 6.07) is 1.89. The summed E-state index contributed by atoms with van der Waals surface area (Å²) >= 11 is 6.05. The van der Waals surface area contributed by atoms with Gasteiger partial charge >= 0.3 is 6.18 Å². The molecule has 0 saturated heterocycles. The molecule has 0 aliphatic rings. The predicted octanol–water partition coefficient (Wildman–Crippen LogP) is 3.00. The molecule has 0 aliphatic heterocycles. The van der Waals surface area contributed by atoms with Crippen molar-refractivity contribution >= 4 is 37.5 Å². The van der Waals surface area contributed by atoms with Crippen molar-refractivity contribution in [1.82, 2.24) is 0 Å². The molecule has 0 radical (unpaired) electrons. The van der Waals surface area contributed by atoms with E-state index in [1.54, 1.807) is 0 Å². The molecule has 0 amide bonds. The SMILES string of the molecule is OCC(O)CNc1c(Br)cc(C(F)(F)F)cc1Br. The summed E-state index contributed by atoms with van der Waals surface area (Å²) in [6.45, 7) is -0.401. The molecule has 8 heteroatoms. The second kappa shape index (κ2) is 6.23. The highest BCUT2D eigenvalue weighted by Crippen LogP contribution is 2.38. The molecule has 0 bridgehead atoms. The molecule has 3 nitrogen and oxygen atoms in total. The van der Waals surface area contributed by atoms with E-state index in [-0.39, 0.29) is 15.5 Å². The summed E-state index contributed by atoms with van der Waals surface area (Å²) in [5, 5.41) is 20.5. The fourth-order valence-electron chi connectivity index (χ4n) is 1.19. The third-order valence-corrected chi connectivity index (χ3v) is 3.35. The molecule has 3 N–H and O–H groups in total. The van der Waals surface area contributed by atoms with E-state index in [4.69, 9.17) is 10.2 Å². The lowest BCUT2D eigenvalue weighted by Gasteiger charge is -2.15. The quantitative estimate of drug-likeness (QED) is 0.738. The number of halogens is 5. The molecule has 1 aromatic carbocycles. The summed E-state index contributed by atoms with van der Waals surface area (Å²) in [6.07, 6.45) is -5.40. The molecular formula is C10H10Br2F3NO2. The van der Waals surface area contributed by atoms with Crippen molar-refractivity contribution in [2.45, 2.75) is 12.3 Å². The van der Waals surface area contributed by atoms with Crippen LogP contribution in [0, 0.1) is 0 Å². The van der Waals surface area contributed by atoms with Crippen LogP contribution < -0.4 is 5.32 Å². The number of aliphatic hydroxyl groups is 2. The highest BCUT2D eigenvalue weighted by Gasteiger charge is 2.31. The Morgan fingerprint density at radius 2 is 1.72 bits per heavy atom. The van der Waals surface area contributed by atoms with Crippen molar-refractivity contribution in [2.75, 3.05) is 18.5 Å². The smallest absolute Gasteiger partial charge is 0.394 e. The van der Waals surface area contributed by atoms with Crippen LogP contribution in [0.5, 0.6) is 0 Å². The molecule has 18 heavy (non-hydrogen) atoms. The number of aliphatic hydroxyl groups excluding tert-OH is 2. The number of alkyl halides is 3. The van der Waals surface area contributed by atoms with Crippen LogP contribution in [-0.4, -0.2) is 29.5 Å². The third kappa shape index (κ3) is 4.11. The van der Waals surface area contributed by atoms with E-state index in [1.165, 1.54) is 0 Å². The number of hydrogen-bond acceptors (Lipinski definition) is 3. The van der Waals surface area contributed by atoms with Gasteiger partial charge in [-0.1, -0.05) is 0 Å². The number of hydrogen-bond donors (Lipinski definition) is 3. The molecule has 0 fully saturated rings.